The van der Waals surface area contributed by atoms with E-state index < -0.39 is 17.1 Å². The molecule has 0 fully saturated rings. The van der Waals surface area contributed by atoms with Gasteiger partial charge in [0.05, 0.1) is 5.02 Å². The zero-order valence-corrected chi connectivity index (χ0v) is 10.4. The highest BCUT2D eigenvalue weighted by Crippen LogP contribution is 2.37. The zero-order chi connectivity index (χ0) is 14.6. The van der Waals surface area contributed by atoms with Crippen LogP contribution in [0.5, 0.6) is 5.75 Å². The lowest BCUT2D eigenvalue weighted by Gasteiger charge is -2.12. The minimum atomic E-state index is -4.93. The molecule has 0 heterocycles. The van der Waals surface area contributed by atoms with E-state index in [0.717, 1.165) is 12.1 Å². The van der Waals surface area contributed by atoms with Gasteiger partial charge >= 0.3 is 6.36 Å². The monoisotopic (exact) mass is 306 g/mol. The number of allylic oxidation sites excluding steroid dienone is 1. The predicted octanol–water partition coefficient (Wildman–Crippen LogP) is 4.32. The van der Waals surface area contributed by atoms with Crippen molar-refractivity contribution < 1.29 is 17.9 Å². The van der Waals surface area contributed by atoms with E-state index in [4.69, 9.17) is 33.7 Å². The molecule has 0 aliphatic heterocycles. The van der Waals surface area contributed by atoms with Crippen LogP contribution in [0.4, 0.5) is 13.2 Å². The molecule has 0 bridgehead atoms. The molecule has 0 N–H and O–H groups in total. The van der Waals surface area contributed by atoms with Crippen LogP contribution in [0.2, 0.25) is 10.0 Å². The van der Waals surface area contributed by atoms with Crippen LogP contribution in [0.25, 0.3) is 6.08 Å². The van der Waals surface area contributed by atoms with E-state index in [1.165, 1.54) is 6.07 Å². The maximum absolute atomic E-state index is 12.1. The van der Waals surface area contributed by atoms with Gasteiger partial charge < -0.3 is 4.74 Å². The van der Waals surface area contributed by atoms with Gasteiger partial charge in [-0.15, -0.1) is 13.2 Å². The third kappa shape index (κ3) is 4.36. The summed E-state index contributed by atoms with van der Waals surface area (Å²) in [5.41, 5.74) is -0.205. The van der Waals surface area contributed by atoms with Crippen molar-refractivity contribution in [3.05, 3.63) is 33.3 Å². The van der Waals surface area contributed by atoms with Crippen LogP contribution in [0.3, 0.4) is 0 Å². The first kappa shape index (κ1) is 15.2. The second-order valence-electron chi connectivity index (χ2n) is 3.14. The first-order valence-electron chi connectivity index (χ1n) is 4.53. The van der Waals surface area contributed by atoms with Crippen LogP contribution >= 0.6 is 23.2 Å². The number of alkyl halides is 3. The summed E-state index contributed by atoms with van der Waals surface area (Å²) in [5, 5.41) is 16.5. The van der Waals surface area contributed by atoms with Crippen molar-refractivity contribution in [1.82, 2.24) is 0 Å². The third-order valence-corrected chi connectivity index (χ3v) is 2.58. The minimum Gasteiger partial charge on any atom is -0.404 e. The van der Waals surface area contributed by atoms with E-state index in [1.807, 2.05) is 0 Å². The number of nitriles is 2. The fourth-order valence-corrected chi connectivity index (χ4v) is 1.49. The van der Waals surface area contributed by atoms with Gasteiger partial charge in [0, 0.05) is 0 Å². The first-order valence-corrected chi connectivity index (χ1v) is 5.29. The average molecular weight is 307 g/mol. The molecule has 3 nitrogen and oxygen atoms in total. The minimum absolute atomic E-state index is 0.0896. The Morgan fingerprint density at radius 3 is 2.26 bits per heavy atom. The number of benzene rings is 1. The molecule has 8 heteroatoms. The van der Waals surface area contributed by atoms with Gasteiger partial charge in [-0.3, -0.25) is 0 Å². The molecular formula is C11H3Cl2F3N2O. The number of nitrogens with zero attached hydrogens (tertiary/aromatic N) is 2. The molecule has 0 unspecified atom stereocenters. The lowest BCUT2D eigenvalue weighted by molar-refractivity contribution is -0.274. The predicted molar refractivity (Wildman–Crippen MR) is 62.3 cm³/mol. The van der Waals surface area contributed by atoms with Crippen molar-refractivity contribution in [2.24, 2.45) is 0 Å². The van der Waals surface area contributed by atoms with Crippen molar-refractivity contribution in [2.45, 2.75) is 6.36 Å². The van der Waals surface area contributed by atoms with Crippen LogP contribution in [0.1, 0.15) is 5.56 Å². The fourth-order valence-electron chi connectivity index (χ4n) is 1.12. The maximum atomic E-state index is 12.1. The quantitative estimate of drug-likeness (QED) is 0.764. The Morgan fingerprint density at radius 2 is 1.79 bits per heavy atom. The van der Waals surface area contributed by atoms with Gasteiger partial charge in [0.15, 0.2) is 0 Å². The highest BCUT2D eigenvalue weighted by molar-refractivity contribution is 6.43. The molecule has 0 spiro atoms. The Bertz CT molecular complexity index is 596. The Kier molecular flexibility index (Phi) is 4.66. The van der Waals surface area contributed by atoms with Gasteiger partial charge in [0.25, 0.3) is 0 Å². The topological polar surface area (TPSA) is 56.8 Å². The average Bonchev–Trinajstić information content (AvgIpc) is 2.30. The molecule has 1 aromatic carbocycles. The fraction of sp³-hybridized carbons (Fsp3) is 0.0909. The molecule has 0 aliphatic rings. The van der Waals surface area contributed by atoms with Crippen LogP contribution < -0.4 is 4.74 Å². The van der Waals surface area contributed by atoms with Gasteiger partial charge in [0.2, 0.25) is 0 Å². The molecule has 1 aromatic rings. The van der Waals surface area contributed by atoms with Crippen LogP contribution in [0, 0.1) is 22.7 Å². The Labute approximate surface area is 116 Å². The van der Waals surface area contributed by atoms with E-state index in [-0.39, 0.29) is 16.2 Å². The third-order valence-electron chi connectivity index (χ3n) is 1.79. The van der Waals surface area contributed by atoms with Gasteiger partial charge in [-0.05, 0) is 23.8 Å². The molecule has 0 aliphatic carbocycles. The molecule has 0 saturated carbocycles. The highest BCUT2D eigenvalue weighted by Gasteiger charge is 2.32. The molecule has 1 rings (SSSR count). The number of hydrogen-bond acceptors (Lipinski definition) is 3. The molecule has 0 aromatic heterocycles. The first-order chi connectivity index (χ1) is 8.76. The van der Waals surface area contributed by atoms with Crippen molar-refractivity contribution >= 4 is 29.3 Å². The molecule has 0 amide bonds. The Morgan fingerprint density at radius 1 is 1.21 bits per heavy atom. The summed E-state index contributed by atoms with van der Waals surface area (Å²) in [7, 11) is 0. The molecule has 0 radical (unpaired) electrons. The standard InChI is InChI=1S/C11H3Cl2F3N2O/c12-8-2-6(1-7(4-17)5-18)3-9(10(8)13)19-11(14,15)16/h1-3H. The van der Waals surface area contributed by atoms with Gasteiger partial charge in [-0.2, -0.15) is 10.5 Å². The molecule has 0 atom stereocenters. The SMILES string of the molecule is N#CC(C#N)=Cc1cc(Cl)c(Cl)c(OC(F)(F)F)c1. The van der Waals surface area contributed by atoms with Crippen molar-refractivity contribution in [1.29, 1.82) is 10.5 Å². The molecule has 98 valence electrons. The van der Waals surface area contributed by atoms with Crippen LogP contribution in [0.15, 0.2) is 17.7 Å². The summed E-state index contributed by atoms with van der Waals surface area (Å²) in [5.74, 6) is -0.705. The smallest absolute Gasteiger partial charge is 0.404 e. The van der Waals surface area contributed by atoms with Crippen molar-refractivity contribution in [3.8, 4) is 17.9 Å². The number of halogens is 5. The molecular weight excluding hydrogens is 304 g/mol. The second-order valence-corrected chi connectivity index (χ2v) is 3.93. The summed E-state index contributed by atoms with van der Waals surface area (Å²) >= 11 is 11.2. The summed E-state index contributed by atoms with van der Waals surface area (Å²) in [6, 6.07) is 5.26. The second kappa shape index (κ2) is 5.83. The van der Waals surface area contributed by atoms with Crippen LogP contribution in [-0.4, -0.2) is 6.36 Å². The Balaban J connectivity index is 3.30. The largest absolute Gasteiger partial charge is 0.573 e. The van der Waals surface area contributed by atoms with Gasteiger partial charge in [-0.1, -0.05) is 23.2 Å². The maximum Gasteiger partial charge on any atom is 0.573 e. The number of rotatable bonds is 2. The van der Waals surface area contributed by atoms with E-state index in [2.05, 4.69) is 4.74 Å². The zero-order valence-electron chi connectivity index (χ0n) is 8.92. The summed E-state index contributed by atoms with van der Waals surface area (Å²) in [6.07, 6.45) is -3.87. The summed E-state index contributed by atoms with van der Waals surface area (Å²) < 4.78 is 40.1. The van der Waals surface area contributed by atoms with E-state index in [9.17, 15) is 13.2 Å². The lowest BCUT2D eigenvalue weighted by Crippen LogP contribution is -2.17. The van der Waals surface area contributed by atoms with Crippen molar-refractivity contribution in [2.75, 3.05) is 0 Å². The van der Waals surface area contributed by atoms with Gasteiger partial charge in [-0.25, -0.2) is 0 Å². The highest BCUT2D eigenvalue weighted by atomic mass is 35.5. The van der Waals surface area contributed by atoms with E-state index >= 15 is 0 Å². The number of hydrogen-bond donors (Lipinski definition) is 0. The summed E-state index contributed by atoms with van der Waals surface area (Å²) in [6.45, 7) is 0. The van der Waals surface area contributed by atoms with Crippen molar-refractivity contribution in [3.63, 3.8) is 0 Å². The number of ether oxygens (including phenoxy) is 1. The lowest BCUT2D eigenvalue weighted by atomic mass is 10.1. The van der Waals surface area contributed by atoms with Gasteiger partial charge in [0.1, 0.15) is 28.5 Å². The molecule has 0 saturated heterocycles. The Hall–Kier alpha value is -1.89. The van der Waals surface area contributed by atoms with Crippen LogP contribution in [-0.2, 0) is 0 Å². The van der Waals surface area contributed by atoms with E-state index in [0.29, 0.717) is 0 Å². The van der Waals surface area contributed by atoms with E-state index in [1.54, 1.807) is 12.1 Å². The molecule has 19 heavy (non-hydrogen) atoms. The normalized spacial score (nSPS) is 10.3. The summed E-state index contributed by atoms with van der Waals surface area (Å²) in [4.78, 5) is 0.